The van der Waals surface area contributed by atoms with Gasteiger partial charge < -0.3 is 19.5 Å². The number of rotatable bonds is 3. The fraction of sp³-hybridized carbons (Fsp3) is 0.591. The molecule has 4 aliphatic heterocycles. The monoisotopic (exact) mass is 411 g/mol. The van der Waals surface area contributed by atoms with Gasteiger partial charge in [0.15, 0.2) is 5.58 Å². The van der Waals surface area contributed by atoms with Gasteiger partial charge in [-0.25, -0.2) is 4.98 Å². The van der Waals surface area contributed by atoms with E-state index in [9.17, 15) is 9.59 Å². The number of carbonyl (C=O) groups is 2. The average Bonchev–Trinajstić information content (AvgIpc) is 3.19. The van der Waals surface area contributed by atoms with Gasteiger partial charge in [-0.2, -0.15) is 0 Å². The number of furan rings is 1. The lowest BCUT2D eigenvalue weighted by Crippen LogP contribution is -2.62. The first-order valence-electron chi connectivity index (χ1n) is 10.9. The molecule has 0 aromatic carbocycles. The SMILES string of the molecule is CC1C(NC(=O)c2cc3c(C(=O)N4CCN(C)CC4)coc3cn2)C2CCN1CC2. The van der Waals surface area contributed by atoms with Gasteiger partial charge in [-0.15, -0.1) is 0 Å². The molecule has 4 aliphatic rings. The van der Waals surface area contributed by atoms with Crippen molar-refractivity contribution in [2.75, 3.05) is 46.3 Å². The molecular weight excluding hydrogens is 382 g/mol. The molecule has 2 unspecified atom stereocenters. The summed E-state index contributed by atoms with van der Waals surface area (Å²) in [6, 6.07) is 2.19. The molecule has 2 aromatic heterocycles. The van der Waals surface area contributed by atoms with Crippen LogP contribution in [0.25, 0.3) is 11.0 Å². The highest BCUT2D eigenvalue weighted by Gasteiger charge is 2.40. The van der Waals surface area contributed by atoms with E-state index < -0.39 is 0 Å². The van der Waals surface area contributed by atoms with E-state index in [0.717, 1.165) is 39.0 Å². The predicted molar refractivity (Wildman–Crippen MR) is 112 cm³/mol. The maximum Gasteiger partial charge on any atom is 0.270 e. The predicted octanol–water partition coefficient (Wildman–Crippen LogP) is 1.43. The first kappa shape index (κ1) is 19.5. The van der Waals surface area contributed by atoms with E-state index in [4.69, 9.17) is 4.42 Å². The Kier molecular flexibility index (Phi) is 4.99. The van der Waals surface area contributed by atoms with Gasteiger partial charge in [0.25, 0.3) is 11.8 Å². The second-order valence-corrected chi connectivity index (χ2v) is 8.92. The standard InChI is InChI=1S/C22H29N5O3/c1-14-20(15-3-5-26(14)6-4-15)24-21(28)18-11-16-17(13-30-19(16)12-23-18)22(29)27-9-7-25(2)8-10-27/h11-15,20H,3-10H2,1-2H3,(H,24,28). The van der Waals surface area contributed by atoms with Crippen LogP contribution in [-0.2, 0) is 0 Å². The number of aromatic nitrogens is 1. The minimum atomic E-state index is -0.179. The quantitative estimate of drug-likeness (QED) is 0.823. The fourth-order valence-electron chi connectivity index (χ4n) is 5.17. The molecule has 4 fully saturated rings. The Hall–Kier alpha value is -2.45. The number of piperidine rings is 3. The van der Waals surface area contributed by atoms with Crippen LogP contribution in [0.2, 0.25) is 0 Å². The molecule has 160 valence electrons. The topological polar surface area (TPSA) is 81.9 Å². The van der Waals surface area contributed by atoms with Crippen molar-refractivity contribution < 1.29 is 14.0 Å². The van der Waals surface area contributed by atoms with Gasteiger partial charge >= 0.3 is 0 Å². The minimum absolute atomic E-state index is 0.0505. The van der Waals surface area contributed by atoms with E-state index in [0.29, 0.717) is 47.3 Å². The average molecular weight is 412 g/mol. The van der Waals surface area contributed by atoms with Crippen molar-refractivity contribution in [3.63, 3.8) is 0 Å². The number of hydrogen-bond acceptors (Lipinski definition) is 6. The van der Waals surface area contributed by atoms with Crippen LogP contribution in [0.4, 0.5) is 0 Å². The van der Waals surface area contributed by atoms with Crippen LogP contribution in [-0.4, -0.2) is 89.9 Å². The number of fused-ring (bicyclic) bond motifs is 4. The second kappa shape index (κ2) is 7.67. The van der Waals surface area contributed by atoms with Crippen LogP contribution >= 0.6 is 0 Å². The minimum Gasteiger partial charge on any atom is -0.462 e. The lowest BCUT2D eigenvalue weighted by atomic mass is 9.79. The molecule has 30 heavy (non-hydrogen) atoms. The van der Waals surface area contributed by atoms with E-state index in [1.165, 1.54) is 6.26 Å². The summed E-state index contributed by atoms with van der Waals surface area (Å²) in [5.41, 5.74) is 1.36. The molecular formula is C22H29N5O3. The third-order valence-electron chi connectivity index (χ3n) is 7.19. The van der Waals surface area contributed by atoms with Gasteiger partial charge in [0.1, 0.15) is 12.0 Å². The molecule has 0 spiro atoms. The summed E-state index contributed by atoms with van der Waals surface area (Å²) in [5.74, 6) is 0.299. The van der Waals surface area contributed by atoms with Gasteiger partial charge in [-0.05, 0) is 51.9 Å². The lowest BCUT2D eigenvalue weighted by molar-refractivity contribution is 0.0216. The zero-order chi connectivity index (χ0) is 20.8. The van der Waals surface area contributed by atoms with Crippen LogP contribution in [0.1, 0.15) is 40.6 Å². The normalized spacial score (nSPS) is 29.3. The molecule has 6 heterocycles. The highest BCUT2D eigenvalue weighted by molar-refractivity contribution is 6.07. The number of pyridine rings is 1. The summed E-state index contributed by atoms with van der Waals surface area (Å²) < 4.78 is 5.57. The van der Waals surface area contributed by atoms with Gasteiger partial charge in [0, 0.05) is 43.6 Å². The molecule has 2 bridgehead atoms. The Balaban J connectivity index is 1.36. The smallest absolute Gasteiger partial charge is 0.270 e. The molecule has 8 nitrogen and oxygen atoms in total. The molecule has 1 N–H and O–H groups in total. The maximum absolute atomic E-state index is 13.0. The largest absolute Gasteiger partial charge is 0.462 e. The third-order valence-corrected chi connectivity index (χ3v) is 7.19. The summed E-state index contributed by atoms with van der Waals surface area (Å²) in [7, 11) is 2.06. The van der Waals surface area contributed by atoms with Crippen LogP contribution in [0, 0.1) is 5.92 Å². The van der Waals surface area contributed by atoms with Gasteiger partial charge in [-0.1, -0.05) is 0 Å². The zero-order valence-corrected chi connectivity index (χ0v) is 17.6. The Morgan fingerprint density at radius 2 is 1.87 bits per heavy atom. The molecule has 2 amide bonds. The molecule has 6 rings (SSSR count). The van der Waals surface area contributed by atoms with Crippen molar-refractivity contribution in [3.05, 3.63) is 29.8 Å². The Morgan fingerprint density at radius 3 is 2.57 bits per heavy atom. The number of nitrogens with zero attached hydrogens (tertiary/aromatic N) is 4. The first-order valence-corrected chi connectivity index (χ1v) is 10.9. The third kappa shape index (κ3) is 3.37. The molecule has 0 radical (unpaired) electrons. The number of amides is 2. The molecule has 8 heteroatoms. The van der Waals surface area contributed by atoms with Crippen LogP contribution in [0.15, 0.2) is 22.9 Å². The van der Waals surface area contributed by atoms with Crippen molar-refractivity contribution in [2.45, 2.75) is 31.8 Å². The van der Waals surface area contributed by atoms with E-state index in [2.05, 4.69) is 34.1 Å². The van der Waals surface area contributed by atoms with Crippen molar-refractivity contribution in [1.82, 2.24) is 25.0 Å². The van der Waals surface area contributed by atoms with E-state index >= 15 is 0 Å². The lowest BCUT2D eigenvalue weighted by Gasteiger charge is -2.49. The highest BCUT2D eigenvalue weighted by atomic mass is 16.3. The Labute approximate surface area is 176 Å². The number of nitrogens with one attached hydrogen (secondary N) is 1. The number of likely N-dealkylation sites (N-methyl/N-ethyl adjacent to an activating group) is 1. The van der Waals surface area contributed by atoms with E-state index in [1.807, 2.05) is 4.90 Å². The summed E-state index contributed by atoms with van der Waals surface area (Å²) in [6.07, 6.45) is 5.30. The summed E-state index contributed by atoms with van der Waals surface area (Å²) in [5, 5.41) is 3.87. The molecule has 0 aliphatic carbocycles. The number of hydrogen-bond donors (Lipinski definition) is 1. The van der Waals surface area contributed by atoms with Crippen molar-refractivity contribution in [2.24, 2.45) is 5.92 Å². The molecule has 0 saturated carbocycles. The van der Waals surface area contributed by atoms with E-state index in [1.54, 1.807) is 12.3 Å². The van der Waals surface area contributed by atoms with Gasteiger partial charge in [0.05, 0.1) is 11.8 Å². The summed E-state index contributed by atoms with van der Waals surface area (Å²) in [4.78, 5) is 36.8. The van der Waals surface area contributed by atoms with E-state index in [-0.39, 0.29) is 17.9 Å². The van der Waals surface area contributed by atoms with Gasteiger partial charge in [-0.3, -0.25) is 14.5 Å². The first-order chi connectivity index (χ1) is 14.5. The van der Waals surface area contributed by atoms with Crippen molar-refractivity contribution >= 4 is 22.8 Å². The molecule has 2 atom stereocenters. The highest BCUT2D eigenvalue weighted by Crippen LogP contribution is 2.32. The molecule has 4 saturated heterocycles. The van der Waals surface area contributed by atoms with Crippen LogP contribution < -0.4 is 5.32 Å². The Bertz CT molecular complexity index is 955. The van der Waals surface area contributed by atoms with Crippen molar-refractivity contribution in [1.29, 1.82) is 0 Å². The van der Waals surface area contributed by atoms with Crippen LogP contribution in [0.5, 0.6) is 0 Å². The number of piperazine rings is 1. The molecule has 2 aromatic rings. The zero-order valence-electron chi connectivity index (χ0n) is 17.6. The van der Waals surface area contributed by atoms with Crippen LogP contribution in [0.3, 0.4) is 0 Å². The number of carbonyl (C=O) groups excluding carboxylic acids is 2. The maximum atomic E-state index is 13.0. The summed E-state index contributed by atoms with van der Waals surface area (Å²) in [6.45, 7) is 7.53. The van der Waals surface area contributed by atoms with Gasteiger partial charge in [0.2, 0.25) is 0 Å². The summed E-state index contributed by atoms with van der Waals surface area (Å²) >= 11 is 0. The fourth-order valence-corrected chi connectivity index (χ4v) is 5.17. The second-order valence-electron chi connectivity index (χ2n) is 8.92. The Morgan fingerprint density at radius 1 is 1.13 bits per heavy atom. The van der Waals surface area contributed by atoms with Crippen molar-refractivity contribution in [3.8, 4) is 0 Å².